The van der Waals surface area contributed by atoms with E-state index in [4.69, 9.17) is 14.2 Å². The van der Waals surface area contributed by atoms with Crippen LogP contribution >= 0.6 is 0 Å². The van der Waals surface area contributed by atoms with Crippen LogP contribution in [0.1, 0.15) is 30.5 Å². The van der Waals surface area contributed by atoms with Gasteiger partial charge in [0.25, 0.3) is 0 Å². The molecule has 0 fully saturated rings. The number of carbonyl (C=O) groups is 1. The summed E-state index contributed by atoms with van der Waals surface area (Å²) in [5.41, 5.74) is 2.46. The Morgan fingerprint density at radius 2 is 1.82 bits per heavy atom. The molecule has 1 amide bonds. The maximum absolute atomic E-state index is 12.3. The first-order chi connectivity index (χ1) is 13.4. The number of aryl methyl sites for hydroxylation is 1. The molecule has 1 aliphatic carbocycles. The van der Waals surface area contributed by atoms with Gasteiger partial charge in [0, 0.05) is 12.5 Å². The van der Waals surface area contributed by atoms with Crippen LogP contribution in [-0.2, 0) is 11.2 Å². The average molecular weight is 385 g/mol. The molecule has 2 aromatic carbocycles. The van der Waals surface area contributed by atoms with Gasteiger partial charge in [0.1, 0.15) is 0 Å². The van der Waals surface area contributed by atoms with Gasteiger partial charge < -0.3 is 24.6 Å². The summed E-state index contributed by atoms with van der Waals surface area (Å²) in [7, 11) is 4.61. The van der Waals surface area contributed by atoms with Gasteiger partial charge in [-0.05, 0) is 47.7 Å². The largest absolute Gasteiger partial charge is 0.504 e. The molecular formula is C21H23NO6. The summed E-state index contributed by atoms with van der Waals surface area (Å²) in [4.78, 5) is 24.0. The van der Waals surface area contributed by atoms with Gasteiger partial charge >= 0.3 is 0 Å². The molecule has 2 N–H and O–H groups in total. The molecule has 7 heteroatoms. The molecule has 7 nitrogen and oxygen atoms in total. The average Bonchev–Trinajstić information content (AvgIpc) is 2.90. The number of benzene rings is 1. The van der Waals surface area contributed by atoms with Crippen molar-refractivity contribution in [2.75, 3.05) is 21.3 Å². The zero-order valence-corrected chi connectivity index (χ0v) is 16.3. The van der Waals surface area contributed by atoms with Crippen LogP contribution in [0.2, 0.25) is 0 Å². The van der Waals surface area contributed by atoms with Gasteiger partial charge in [-0.15, -0.1) is 0 Å². The minimum Gasteiger partial charge on any atom is -0.504 e. The van der Waals surface area contributed by atoms with Gasteiger partial charge in [0.2, 0.25) is 17.1 Å². The molecule has 1 atom stereocenters. The fourth-order valence-electron chi connectivity index (χ4n) is 3.70. The molecule has 3 rings (SSSR count). The van der Waals surface area contributed by atoms with Gasteiger partial charge in [-0.2, -0.15) is 0 Å². The number of amides is 1. The van der Waals surface area contributed by atoms with E-state index in [1.807, 2.05) is 6.07 Å². The maximum Gasteiger partial charge on any atom is 0.220 e. The molecule has 0 saturated carbocycles. The minimum absolute atomic E-state index is 0.202. The highest BCUT2D eigenvalue weighted by Crippen LogP contribution is 2.50. The number of ether oxygens (including phenoxy) is 3. The quantitative estimate of drug-likeness (QED) is 0.840. The second kappa shape index (κ2) is 7.80. The van der Waals surface area contributed by atoms with Crippen LogP contribution in [0.5, 0.6) is 23.0 Å². The number of hydrogen-bond acceptors (Lipinski definition) is 6. The second-order valence-electron chi connectivity index (χ2n) is 6.57. The van der Waals surface area contributed by atoms with E-state index in [1.165, 1.54) is 33.3 Å². The topological polar surface area (TPSA) is 94.1 Å². The Balaban J connectivity index is 2.41. The lowest BCUT2D eigenvalue weighted by molar-refractivity contribution is -0.119. The molecule has 0 bridgehead atoms. The van der Waals surface area contributed by atoms with Crippen molar-refractivity contribution in [3.8, 4) is 34.1 Å². The molecule has 1 aliphatic rings. The molecule has 0 spiro atoms. The molecular weight excluding hydrogens is 362 g/mol. The summed E-state index contributed by atoms with van der Waals surface area (Å²) >= 11 is 0. The van der Waals surface area contributed by atoms with E-state index in [0.717, 1.165) is 11.1 Å². The van der Waals surface area contributed by atoms with E-state index in [1.54, 1.807) is 13.2 Å². The number of carbonyl (C=O) groups excluding carboxylic acids is 1. The van der Waals surface area contributed by atoms with Crippen LogP contribution in [0, 0.1) is 0 Å². The standard InChI is InChI=1S/C21H23NO6/c1-11(23)22-15-7-5-12-9-18(26-2)20(27-3)21(28-4)19(12)13-6-8-16(24)17(25)10-14(13)15/h6,8-10,15H,5,7H2,1-4H3,(H,22,23)(H,24,25)/t15-/m0/s1. The Hall–Kier alpha value is -3.22. The Morgan fingerprint density at radius 3 is 2.43 bits per heavy atom. The molecule has 0 saturated heterocycles. The molecule has 148 valence electrons. The Bertz CT molecular complexity index is 985. The molecule has 0 heterocycles. The molecule has 2 aromatic rings. The van der Waals surface area contributed by atoms with Crippen molar-refractivity contribution in [1.29, 1.82) is 0 Å². The summed E-state index contributed by atoms with van der Waals surface area (Å²) in [5, 5.41) is 12.9. The number of fused-ring (bicyclic) bond motifs is 3. The van der Waals surface area contributed by atoms with E-state index < -0.39 is 5.43 Å². The van der Waals surface area contributed by atoms with Crippen LogP contribution in [0.3, 0.4) is 0 Å². The SMILES string of the molecule is COc1cc2c(c(OC)c1OC)-c1ccc(O)c(=O)cc1[C@@H](NC(C)=O)CC2. The highest BCUT2D eigenvalue weighted by Gasteiger charge is 2.29. The van der Waals surface area contributed by atoms with Crippen molar-refractivity contribution in [3.63, 3.8) is 0 Å². The van der Waals surface area contributed by atoms with Gasteiger partial charge in [-0.3, -0.25) is 9.59 Å². The Kier molecular flexibility index (Phi) is 5.44. The fraction of sp³-hybridized carbons (Fsp3) is 0.333. The van der Waals surface area contributed by atoms with Gasteiger partial charge in [0.05, 0.1) is 27.4 Å². The van der Waals surface area contributed by atoms with E-state index in [0.29, 0.717) is 41.2 Å². The lowest BCUT2D eigenvalue weighted by Crippen LogP contribution is -2.26. The first kappa shape index (κ1) is 19.5. The third kappa shape index (κ3) is 3.35. The van der Waals surface area contributed by atoms with E-state index in [-0.39, 0.29) is 17.7 Å². The van der Waals surface area contributed by atoms with Crippen LogP contribution in [-0.4, -0.2) is 32.3 Å². The van der Waals surface area contributed by atoms with Crippen LogP contribution in [0.15, 0.2) is 29.1 Å². The Labute approximate surface area is 162 Å². The van der Waals surface area contributed by atoms with E-state index in [9.17, 15) is 14.7 Å². The van der Waals surface area contributed by atoms with Gasteiger partial charge in [-0.1, -0.05) is 6.07 Å². The molecule has 0 radical (unpaired) electrons. The smallest absolute Gasteiger partial charge is 0.220 e. The minimum atomic E-state index is -0.514. The fourth-order valence-corrected chi connectivity index (χ4v) is 3.70. The lowest BCUT2D eigenvalue weighted by Gasteiger charge is -2.19. The number of rotatable bonds is 4. The summed E-state index contributed by atoms with van der Waals surface area (Å²) in [6, 6.07) is 5.88. The number of aromatic hydroxyl groups is 1. The first-order valence-corrected chi connectivity index (χ1v) is 8.87. The molecule has 0 unspecified atom stereocenters. The number of hydrogen-bond donors (Lipinski definition) is 2. The third-order valence-electron chi connectivity index (χ3n) is 4.89. The summed E-state index contributed by atoms with van der Waals surface area (Å²) in [6.45, 7) is 1.43. The third-order valence-corrected chi connectivity index (χ3v) is 4.89. The van der Waals surface area contributed by atoms with Crippen molar-refractivity contribution in [3.05, 3.63) is 45.6 Å². The van der Waals surface area contributed by atoms with Crippen LogP contribution in [0.4, 0.5) is 0 Å². The van der Waals surface area contributed by atoms with Crippen molar-refractivity contribution < 1.29 is 24.1 Å². The van der Waals surface area contributed by atoms with Crippen molar-refractivity contribution >= 4 is 5.91 Å². The molecule has 28 heavy (non-hydrogen) atoms. The van der Waals surface area contributed by atoms with Crippen molar-refractivity contribution in [1.82, 2.24) is 5.32 Å². The lowest BCUT2D eigenvalue weighted by atomic mass is 9.95. The predicted octanol–water partition coefficient (Wildman–Crippen LogP) is 2.57. The summed E-state index contributed by atoms with van der Waals surface area (Å²) in [5.74, 6) is 0.874. The Morgan fingerprint density at radius 1 is 1.11 bits per heavy atom. The van der Waals surface area contributed by atoms with E-state index in [2.05, 4.69) is 5.32 Å². The zero-order valence-electron chi connectivity index (χ0n) is 16.3. The van der Waals surface area contributed by atoms with Crippen molar-refractivity contribution in [2.24, 2.45) is 0 Å². The predicted molar refractivity (Wildman–Crippen MR) is 104 cm³/mol. The van der Waals surface area contributed by atoms with Gasteiger partial charge in [0.15, 0.2) is 17.2 Å². The van der Waals surface area contributed by atoms with Crippen LogP contribution < -0.4 is 25.0 Å². The van der Waals surface area contributed by atoms with Crippen molar-refractivity contribution in [2.45, 2.75) is 25.8 Å². The second-order valence-corrected chi connectivity index (χ2v) is 6.57. The number of nitrogens with one attached hydrogen (secondary N) is 1. The first-order valence-electron chi connectivity index (χ1n) is 8.87. The maximum atomic E-state index is 12.3. The monoisotopic (exact) mass is 385 g/mol. The number of methoxy groups -OCH3 is 3. The highest BCUT2D eigenvalue weighted by molar-refractivity contribution is 5.83. The summed E-state index contributed by atoms with van der Waals surface area (Å²) < 4.78 is 16.6. The molecule has 0 aliphatic heterocycles. The zero-order chi connectivity index (χ0) is 20.4. The van der Waals surface area contributed by atoms with E-state index >= 15 is 0 Å². The highest BCUT2D eigenvalue weighted by atomic mass is 16.5. The van der Waals surface area contributed by atoms with Crippen LogP contribution in [0.25, 0.3) is 11.1 Å². The normalized spacial score (nSPS) is 14.9. The summed E-state index contributed by atoms with van der Waals surface area (Å²) in [6.07, 6.45) is 1.19. The van der Waals surface area contributed by atoms with Gasteiger partial charge in [-0.25, -0.2) is 0 Å². The molecule has 0 aromatic heterocycles.